The monoisotopic (exact) mass is 262 g/mol. The fourth-order valence-electron chi connectivity index (χ4n) is 1.35. The molecule has 0 aromatic rings. The summed E-state index contributed by atoms with van der Waals surface area (Å²) in [7, 11) is 1.66. The van der Waals surface area contributed by atoms with Gasteiger partial charge in [0, 0.05) is 33.4 Å². The molecule has 0 aliphatic heterocycles. The van der Waals surface area contributed by atoms with E-state index in [1.54, 1.807) is 7.11 Å². The van der Waals surface area contributed by atoms with E-state index in [1.165, 1.54) is 0 Å². The van der Waals surface area contributed by atoms with Crippen LogP contribution in [0.15, 0.2) is 0 Å². The van der Waals surface area contributed by atoms with Crippen molar-refractivity contribution in [2.24, 2.45) is 5.84 Å². The van der Waals surface area contributed by atoms with Crippen LogP contribution < -0.4 is 11.3 Å². The minimum atomic E-state index is -0.107. The van der Waals surface area contributed by atoms with E-state index in [0.29, 0.717) is 26.2 Å². The van der Waals surface area contributed by atoms with Gasteiger partial charge in [-0.2, -0.15) is 0 Å². The zero-order chi connectivity index (χ0) is 13.5. The van der Waals surface area contributed by atoms with Crippen LogP contribution in [0.2, 0.25) is 0 Å². The van der Waals surface area contributed by atoms with E-state index in [2.05, 4.69) is 5.43 Å². The fourth-order valence-corrected chi connectivity index (χ4v) is 1.35. The molecule has 0 aliphatic carbocycles. The maximum atomic E-state index is 10.8. The molecule has 0 saturated carbocycles. The molecule has 0 aliphatic rings. The first-order chi connectivity index (χ1) is 8.81. The van der Waals surface area contributed by atoms with Gasteiger partial charge in [-0.1, -0.05) is 6.42 Å². The second-order valence-electron chi connectivity index (χ2n) is 3.95. The first kappa shape index (κ1) is 17.3. The Bertz CT molecular complexity index is 191. The quantitative estimate of drug-likeness (QED) is 0.220. The van der Waals surface area contributed by atoms with Gasteiger partial charge in [0.05, 0.1) is 13.2 Å². The molecule has 0 fully saturated rings. The molecule has 0 heterocycles. The van der Waals surface area contributed by atoms with Crippen LogP contribution in [0.4, 0.5) is 0 Å². The van der Waals surface area contributed by atoms with E-state index in [4.69, 9.17) is 20.1 Å². The standard InChI is InChI=1S/C12H26N2O4/c1-16-10-11-18-9-5-8-17-7-4-2-3-6-12(15)14-13/h2-11,13H2,1H3,(H,14,15). The van der Waals surface area contributed by atoms with Gasteiger partial charge in [-0.3, -0.25) is 10.2 Å². The Balaban J connectivity index is 2.97. The maximum absolute atomic E-state index is 10.8. The van der Waals surface area contributed by atoms with Gasteiger partial charge in [0.2, 0.25) is 5.91 Å². The third-order valence-corrected chi connectivity index (χ3v) is 2.36. The normalized spacial score (nSPS) is 10.6. The van der Waals surface area contributed by atoms with E-state index in [1.807, 2.05) is 0 Å². The van der Waals surface area contributed by atoms with Gasteiger partial charge in [-0.25, -0.2) is 5.84 Å². The van der Waals surface area contributed by atoms with Gasteiger partial charge in [0.15, 0.2) is 0 Å². The van der Waals surface area contributed by atoms with Gasteiger partial charge in [0.1, 0.15) is 0 Å². The number of carbonyl (C=O) groups is 1. The van der Waals surface area contributed by atoms with Crippen molar-refractivity contribution in [2.75, 3.05) is 40.1 Å². The molecular formula is C12H26N2O4. The molecule has 0 radical (unpaired) electrons. The molecule has 6 heteroatoms. The first-order valence-corrected chi connectivity index (χ1v) is 6.45. The van der Waals surface area contributed by atoms with Crippen LogP contribution in [0, 0.1) is 0 Å². The number of nitrogens with two attached hydrogens (primary N) is 1. The number of hydrogen-bond donors (Lipinski definition) is 2. The molecular weight excluding hydrogens is 236 g/mol. The van der Waals surface area contributed by atoms with Crippen LogP contribution in [0.25, 0.3) is 0 Å². The number of hydrogen-bond acceptors (Lipinski definition) is 5. The molecule has 0 saturated heterocycles. The smallest absolute Gasteiger partial charge is 0.233 e. The largest absolute Gasteiger partial charge is 0.382 e. The van der Waals surface area contributed by atoms with Crippen molar-refractivity contribution in [1.29, 1.82) is 0 Å². The van der Waals surface area contributed by atoms with Gasteiger partial charge in [-0.05, 0) is 19.3 Å². The summed E-state index contributed by atoms with van der Waals surface area (Å²) in [6, 6.07) is 0. The summed E-state index contributed by atoms with van der Waals surface area (Å²) in [5.41, 5.74) is 2.11. The Morgan fingerprint density at radius 2 is 1.61 bits per heavy atom. The average Bonchev–Trinajstić information content (AvgIpc) is 2.39. The maximum Gasteiger partial charge on any atom is 0.233 e. The van der Waals surface area contributed by atoms with Crippen LogP contribution in [0.5, 0.6) is 0 Å². The minimum absolute atomic E-state index is 0.107. The van der Waals surface area contributed by atoms with Crippen molar-refractivity contribution >= 4 is 5.91 Å². The second-order valence-corrected chi connectivity index (χ2v) is 3.95. The lowest BCUT2D eigenvalue weighted by molar-refractivity contribution is -0.121. The molecule has 108 valence electrons. The van der Waals surface area contributed by atoms with Crippen molar-refractivity contribution in [3.63, 3.8) is 0 Å². The third kappa shape index (κ3) is 13.4. The number of nitrogens with one attached hydrogen (secondary N) is 1. The van der Waals surface area contributed by atoms with Crippen molar-refractivity contribution in [1.82, 2.24) is 5.43 Å². The van der Waals surface area contributed by atoms with Crippen molar-refractivity contribution in [3.05, 3.63) is 0 Å². The highest BCUT2D eigenvalue weighted by Crippen LogP contribution is 2.00. The fraction of sp³-hybridized carbons (Fsp3) is 0.917. The Morgan fingerprint density at radius 3 is 2.28 bits per heavy atom. The lowest BCUT2D eigenvalue weighted by Gasteiger charge is -2.05. The number of rotatable bonds is 13. The van der Waals surface area contributed by atoms with Crippen molar-refractivity contribution in [3.8, 4) is 0 Å². The van der Waals surface area contributed by atoms with Crippen molar-refractivity contribution in [2.45, 2.75) is 32.1 Å². The zero-order valence-electron chi connectivity index (χ0n) is 11.3. The molecule has 18 heavy (non-hydrogen) atoms. The van der Waals surface area contributed by atoms with Crippen LogP contribution in [-0.4, -0.2) is 46.1 Å². The molecule has 6 nitrogen and oxygen atoms in total. The van der Waals surface area contributed by atoms with E-state index in [0.717, 1.165) is 38.9 Å². The lowest BCUT2D eigenvalue weighted by Crippen LogP contribution is -2.29. The molecule has 0 rings (SSSR count). The molecule has 0 aromatic heterocycles. The Kier molecular flexibility index (Phi) is 13.8. The molecule has 0 unspecified atom stereocenters. The summed E-state index contributed by atoms with van der Waals surface area (Å²) in [5.74, 6) is 4.86. The molecule has 3 N–H and O–H groups in total. The van der Waals surface area contributed by atoms with E-state index in [9.17, 15) is 4.79 Å². The summed E-state index contributed by atoms with van der Waals surface area (Å²) in [6.45, 7) is 3.44. The Hall–Kier alpha value is -0.690. The van der Waals surface area contributed by atoms with Crippen LogP contribution >= 0.6 is 0 Å². The van der Waals surface area contributed by atoms with E-state index in [-0.39, 0.29) is 5.91 Å². The second kappa shape index (κ2) is 14.4. The third-order valence-electron chi connectivity index (χ3n) is 2.36. The predicted octanol–water partition coefficient (Wildman–Crippen LogP) is 0.606. The summed E-state index contributed by atoms with van der Waals surface area (Å²) in [6.07, 6.45) is 4.20. The highest BCUT2D eigenvalue weighted by Gasteiger charge is 1.97. The van der Waals surface area contributed by atoms with E-state index < -0.39 is 0 Å². The molecule has 1 amide bonds. The van der Waals surface area contributed by atoms with Gasteiger partial charge in [0.25, 0.3) is 0 Å². The number of carbonyl (C=O) groups excluding carboxylic acids is 1. The molecule has 0 spiro atoms. The number of amides is 1. The van der Waals surface area contributed by atoms with Gasteiger partial charge < -0.3 is 14.2 Å². The SMILES string of the molecule is COCCOCCCOCCCCCC(=O)NN. The number of unbranched alkanes of at least 4 members (excludes halogenated alkanes) is 2. The minimum Gasteiger partial charge on any atom is -0.382 e. The Labute approximate surface area is 109 Å². The lowest BCUT2D eigenvalue weighted by atomic mass is 10.2. The summed E-state index contributed by atoms with van der Waals surface area (Å²) < 4.78 is 15.6. The summed E-state index contributed by atoms with van der Waals surface area (Å²) >= 11 is 0. The number of methoxy groups -OCH3 is 1. The van der Waals surface area contributed by atoms with Gasteiger partial charge >= 0.3 is 0 Å². The molecule has 0 atom stereocenters. The van der Waals surface area contributed by atoms with Crippen LogP contribution in [0.3, 0.4) is 0 Å². The number of hydrazine groups is 1. The van der Waals surface area contributed by atoms with Crippen molar-refractivity contribution < 1.29 is 19.0 Å². The zero-order valence-corrected chi connectivity index (χ0v) is 11.3. The molecule has 0 bridgehead atoms. The highest BCUT2D eigenvalue weighted by atomic mass is 16.5. The average molecular weight is 262 g/mol. The summed E-state index contributed by atoms with van der Waals surface area (Å²) in [5, 5.41) is 0. The van der Waals surface area contributed by atoms with Crippen LogP contribution in [-0.2, 0) is 19.0 Å². The highest BCUT2D eigenvalue weighted by molar-refractivity contribution is 5.74. The predicted molar refractivity (Wildman–Crippen MR) is 68.9 cm³/mol. The molecule has 0 aromatic carbocycles. The first-order valence-electron chi connectivity index (χ1n) is 6.45. The van der Waals surface area contributed by atoms with E-state index >= 15 is 0 Å². The topological polar surface area (TPSA) is 82.8 Å². The number of ether oxygens (including phenoxy) is 3. The summed E-state index contributed by atoms with van der Waals surface area (Å²) in [4.78, 5) is 10.8. The van der Waals surface area contributed by atoms with Gasteiger partial charge in [-0.15, -0.1) is 0 Å². The van der Waals surface area contributed by atoms with Crippen LogP contribution in [0.1, 0.15) is 32.1 Å². The Morgan fingerprint density at radius 1 is 0.944 bits per heavy atom.